The number of rotatable bonds is 6. The summed E-state index contributed by atoms with van der Waals surface area (Å²) in [6.45, 7) is 4.88. The van der Waals surface area contributed by atoms with Gasteiger partial charge in [-0.1, -0.05) is 12.2 Å². The van der Waals surface area contributed by atoms with Crippen molar-refractivity contribution in [3.8, 4) is 17.2 Å². The highest BCUT2D eigenvalue weighted by Gasteiger charge is 2.38. The summed E-state index contributed by atoms with van der Waals surface area (Å²) in [6.07, 6.45) is 7.56. The molecule has 1 aliphatic heterocycles. The number of allylic oxidation sites excluding steroid dienone is 2. The molecule has 0 spiro atoms. The Bertz CT molecular complexity index is 730. The molecule has 2 aliphatic carbocycles. The average Bonchev–Trinajstić information content (AvgIpc) is 3.36. The topological polar surface area (TPSA) is 52.4 Å². The zero-order chi connectivity index (χ0) is 19.7. The fraction of sp³-hybridized carbons (Fsp3) is 0.591. The van der Waals surface area contributed by atoms with Gasteiger partial charge in [0.1, 0.15) is 0 Å². The summed E-state index contributed by atoms with van der Waals surface area (Å²) >= 11 is 0. The van der Waals surface area contributed by atoms with Crippen molar-refractivity contribution in [3.63, 3.8) is 0 Å². The number of hydrogen-bond donors (Lipinski definition) is 1. The van der Waals surface area contributed by atoms with Gasteiger partial charge in [0.2, 0.25) is 5.75 Å². The number of benzene rings is 1. The molecule has 3 atom stereocenters. The zero-order valence-corrected chi connectivity index (χ0v) is 17.1. The molecule has 1 amide bonds. The minimum absolute atomic E-state index is 0.0289. The van der Waals surface area contributed by atoms with Crippen molar-refractivity contribution in [2.24, 2.45) is 17.8 Å². The first-order valence-electron chi connectivity index (χ1n) is 10.2. The molecule has 6 nitrogen and oxygen atoms in total. The number of amides is 1. The minimum Gasteiger partial charge on any atom is -0.493 e. The van der Waals surface area contributed by atoms with Crippen LogP contribution in [-0.4, -0.2) is 64.9 Å². The molecule has 6 heteroatoms. The number of fused-ring (bicyclic) bond motifs is 2. The van der Waals surface area contributed by atoms with Crippen molar-refractivity contribution < 1.29 is 23.9 Å². The predicted octanol–water partition coefficient (Wildman–Crippen LogP) is 1.27. The van der Waals surface area contributed by atoms with Crippen LogP contribution in [0.5, 0.6) is 17.2 Å². The van der Waals surface area contributed by atoms with Crippen LogP contribution >= 0.6 is 0 Å². The summed E-state index contributed by atoms with van der Waals surface area (Å²) in [5, 5.41) is 0. The van der Waals surface area contributed by atoms with E-state index in [-0.39, 0.29) is 5.91 Å². The third-order valence-electron chi connectivity index (χ3n) is 6.64. The molecule has 4 rings (SSSR count). The van der Waals surface area contributed by atoms with Crippen LogP contribution in [0.1, 0.15) is 23.2 Å². The van der Waals surface area contributed by atoms with E-state index in [0.29, 0.717) is 22.8 Å². The summed E-state index contributed by atoms with van der Waals surface area (Å²) in [4.78, 5) is 16.6. The quantitative estimate of drug-likeness (QED) is 0.747. The SMILES string of the molecule is COc1cc(C(=O)N2CC[NH+](C[C@H]3C[C@H]4C=C[C@H]3C4)CC2)cc(OC)c1OC. The molecule has 0 radical (unpaired) electrons. The Balaban J connectivity index is 1.38. The number of carbonyl (C=O) groups excluding carboxylic acids is 1. The van der Waals surface area contributed by atoms with Gasteiger partial charge in [0.25, 0.3) is 5.91 Å². The molecule has 1 aromatic rings. The van der Waals surface area contributed by atoms with Crippen molar-refractivity contribution in [3.05, 3.63) is 29.8 Å². The largest absolute Gasteiger partial charge is 0.493 e. The molecule has 2 bridgehead atoms. The lowest BCUT2D eigenvalue weighted by molar-refractivity contribution is -0.907. The van der Waals surface area contributed by atoms with E-state index < -0.39 is 0 Å². The molecule has 1 aromatic carbocycles. The van der Waals surface area contributed by atoms with E-state index >= 15 is 0 Å². The van der Waals surface area contributed by atoms with Crippen molar-refractivity contribution >= 4 is 5.91 Å². The van der Waals surface area contributed by atoms with Crippen molar-refractivity contribution in [1.82, 2.24) is 4.90 Å². The highest BCUT2D eigenvalue weighted by atomic mass is 16.5. The maximum atomic E-state index is 13.0. The van der Waals surface area contributed by atoms with Crippen LogP contribution in [0, 0.1) is 17.8 Å². The second-order valence-electron chi connectivity index (χ2n) is 8.20. The number of piperazine rings is 1. The van der Waals surface area contributed by atoms with Crippen molar-refractivity contribution in [1.29, 1.82) is 0 Å². The average molecular weight is 388 g/mol. The zero-order valence-electron chi connectivity index (χ0n) is 17.1. The van der Waals surface area contributed by atoms with Gasteiger partial charge in [-0.3, -0.25) is 4.79 Å². The van der Waals surface area contributed by atoms with Crippen LogP contribution in [0.25, 0.3) is 0 Å². The predicted molar refractivity (Wildman–Crippen MR) is 106 cm³/mol. The van der Waals surface area contributed by atoms with Gasteiger partial charge in [-0.15, -0.1) is 0 Å². The molecule has 0 unspecified atom stereocenters. The molecular weight excluding hydrogens is 356 g/mol. The van der Waals surface area contributed by atoms with Gasteiger partial charge in [-0.05, 0) is 36.8 Å². The second-order valence-corrected chi connectivity index (χ2v) is 8.20. The smallest absolute Gasteiger partial charge is 0.254 e. The molecule has 3 aliphatic rings. The third-order valence-corrected chi connectivity index (χ3v) is 6.64. The van der Waals surface area contributed by atoms with Crippen LogP contribution in [0.3, 0.4) is 0 Å². The van der Waals surface area contributed by atoms with E-state index in [1.54, 1.807) is 38.4 Å². The van der Waals surface area contributed by atoms with Gasteiger partial charge in [0.15, 0.2) is 11.5 Å². The van der Waals surface area contributed by atoms with Crippen LogP contribution in [-0.2, 0) is 0 Å². The first kappa shape index (κ1) is 19.1. The molecule has 1 N–H and O–H groups in total. The van der Waals surface area contributed by atoms with E-state index in [9.17, 15) is 4.79 Å². The molecular formula is C22H31N2O4+. The van der Waals surface area contributed by atoms with E-state index in [4.69, 9.17) is 14.2 Å². The first-order chi connectivity index (χ1) is 13.6. The normalized spacial score (nSPS) is 26.5. The fourth-order valence-corrected chi connectivity index (χ4v) is 5.12. The molecule has 0 aromatic heterocycles. The Morgan fingerprint density at radius 2 is 1.71 bits per heavy atom. The highest BCUT2D eigenvalue weighted by Crippen LogP contribution is 2.42. The third kappa shape index (κ3) is 3.58. The van der Waals surface area contributed by atoms with E-state index in [0.717, 1.165) is 43.9 Å². The lowest BCUT2D eigenvalue weighted by Gasteiger charge is -2.34. The Labute approximate surface area is 167 Å². The maximum absolute atomic E-state index is 13.0. The summed E-state index contributed by atoms with van der Waals surface area (Å²) in [7, 11) is 4.70. The van der Waals surface area contributed by atoms with Crippen LogP contribution < -0.4 is 19.1 Å². The van der Waals surface area contributed by atoms with Gasteiger partial charge in [-0.25, -0.2) is 0 Å². The van der Waals surface area contributed by atoms with Gasteiger partial charge >= 0.3 is 0 Å². The molecule has 1 heterocycles. The van der Waals surface area contributed by atoms with Crippen LogP contribution in [0.2, 0.25) is 0 Å². The van der Waals surface area contributed by atoms with Crippen LogP contribution in [0.4, 0.5) is 0 Å². The van der Waals surface area contributed by atoms with E-state index in [2.05, 4.69) is 12.2 Å². The minimum atomic E-state index is 0.0289. The first-order valence-corrected chi connectivity index (χ1v) is 10.2. The number of nitrogens with zero attached hydrogens (tertiary/aromatic N) is 1. The summed E-state index contributed by atoms with van der Waals surface area (Å²) in [5.74, 6) is 4.03. The van der Waals surface area contributed by atoms with Crippen molar-refractivity contribution in [2.45, 2.75) is 12.8 Å². The number of hydrogen-bond acceptors (Lipinski definition) is 4. The lowest BCUT2D eigenvalue weighted by atomic mass is 9.93. The van der Waals surface area contributed by atoms with Gasteiger partial charge in [0, 0.05) is 11.5 Å². The van der Waals surface area contributed by atoms with Crippen LogP contribution in [0.15, 0.2) is 24.3 Å². The summed E-state index contributed by atoms with van der Waals surface area (Å²) < 4.78 is 16.1. The van der Waals surface area contributed by atoms with Gasteiger partial charge < -0.3 is 24.0 Å². The second kappa shape index (κ2) is 8.03. The number of ether oxygens (including phenoxy) is 3. The summed E-state index contributed by atoms with van der Waals surface area (Å²) in [5.41, 5.74) is 0.580. The molecule has 1 saturated carbocycles. The van der Waals surface area contributed by atoms with E-state index in [1.807, 2.05) is 4.90 Å². The Hall–Kier alpha value is -2.21. The molecule has 152 valence electrons. The Kier molecular flexibility index (Phi) is 5.49. The molecule has 1 saturated heterocycles. The van der Waals surface area contributed by atoms with Gasteiger partial charge in [-0.2, -0.15) is 0 Å². The Morgan fingerprint density at radius 1 is 1.04 bits per heavy atom. The van der Waals surface area contributed by atoms with E-state index in [1.165, 1.54) is 19.4 Å². The number of carbonyl (C=O) groups is 1. The van der Waals surface area contributed by atoms with Gasteiger partial charge in [0.05, 0.1) is 54.1 Å². The maximum Gasteiger partial charge on any atom is 0.254 e. The van der Waals surface area contributed by atoms with Crippen molar-refractivity contribution in [2.75, 3.05) is 54.1 Å². The summed E-state index contributed by atoms with van der Waals surface area (Å²) in [6, 6.07) is 3.48. The fourth-order valence-electron chi connectivity index (χ4n) is 5.12. The highest BCUT2D eigenvalue weighted by molar-refractivity contribution is 5.95. The standard InChI is InChI=1S/C22H30N2O4/c1-26-19-12-17(13-20(27-2)21(19)28-3)22(25)24-8-6-23(7-9-24)14-18-11-15-4-5-16(18)10-15/h4-5,12-13,15-16,18H,6-11,14H2,1-3H3/p+1/t15-,16-,18+/m0/s1. The Morgan fingerprint density at radius 3 is 2.21 bits per heavy atom. The number of nitrogens with one attached hydrogen (secondary N) is 1. The lowest BCUT2D eigenvalue weighted by Crippen LogP contribution is -3.15. The number of quaternary nitrogens is 1. The monoisotopic (exact) mass is 387 g/mol. The molecule has 28 heavy (non-hydrogen) atoms. The number of methoxy groups -OCH3 is 3. The molecule has 2 fully saturated rings.